The number of carbonyl (C=O) groups is 2. The minimum atomic E-state index is -4.61. The van der Waals surface area contributed by atoms with Gasteiger partial charge in [0.25, 0.3) is 0 Å². The highest BCUT2D eigenvalue weighted by Gasteiger charge is 2.34. The summed E-state index contributed by atoms with van der Waals surface area (Å²) in [7, 11) is 1.35. The molecule has 9 heteroatoms. The van der Waals surface area contributed by atoms with Crippen molar-refractivity contribution in [2.75, 3.05) is 7.05 Å². The number of halogens is 4. The maximum absolute atomic E-state index is 13.0. The summed E-state index contributed by atoms with van der Waals surface area (Å²) < 4.78 is 39.1. The molecule has 4 nitrogen and oxygen atoms in total. The minimum Gasteiger partial charge on any atom is -0.341 e. The molecule has 0 heterocycles. The summed E-state index contributed by atoms with van der Waals surface area (Å²) in [5.74, 6) is -0.649. The third-order valence-electron chi connectivity index (χ3n) is 3.30. The molecule has 0 aromatic heterocycles. The predicted octanol–water partition coefficient (Wildman–Crippen LogP) is 4.65. The van der Waals surface area contributed by atoms with Crippen molar-refractivity contribution in [3.8, 4) is 0 Å². The number of benzene rings is 2. The molecule has 0 spiro atoms. The molecule has 2 aromatic rings. The third kappa shape index (κ3) is 5.15. The Labute approximate surface area is 157 Å². The van der Waals surface area contributed by atoms with Crippen LogP contribution in [-0.4, -0.2) is 19.0 Å². The number of imide groups is 1. The van der Waals surface area contributed by atoms with Crippen molar-refractivity contribution in [2.24, 2.45) is 0 Å². The van der Waals surface area contributed by atoms with Crippen molar-refractivity contribution in [3.63, 3.8) is 0 Å². The molecule has 3 amide bonds. The Morgan fingerprint density at radius 1 is 1.12 bits per heavy atom. The van der Waals surface area contributed by atoms with Gasteiger partial charge in [-0.3, -0.25) is 10.1 Å². The summed E-state index contributed by atoms with van der Waals surface area (Å²) in [6.07, 6.45) is -4.61. The standard InChI is InChI=1S/C17H14ClF3N2O2S/c1-22-16(25)23-15(24)14(10-5-3-2-4-6-10)26-11-7-8-13(18)12(9-11)17(19,20)21/h2-9,14H,1H3,(H2,22,23,24,25)/t14-/m1/s1. The zero-order valence-electron chi connectivity index (χ0n) is 13.4. The van der Waals surface area contributed by atoms with Crippen LogP contribution < -0.4 is 10.6 Å². The second kappa shape index (κ2) is 8.46. The first-order valence-electron chi connectivity index (χ1n) is 7.33. The van der Waals surface area contributed by atoms with Gasteiger partial charge in [0.1, 0.15) is 5.25 Å². The first-order chi connectivity index (χ1) is 12.2. The lowest BCUT2D eigenvalue weighted by molar-refractivity contribution is -0.137. The van der Waals surface area contributed by atoms with Crippen molar-refractivity contribution in [2.45, 2.75) is 16.3 Å². The smallest absolute Gasteiger partial charge is 0.341 e. The van der Waals surface area contributed by atoms with E-state index in [9.17, 15) is 22.8 Å². The van der Waals surface area contributed by atoms with Crippen molar-refractivity contribution in [1.82, 2.24) is 10.6 Å². The number of amides is 3. The number of thioether (sulfide) groups is 1. The van der Waals surface area contributed by atoms with Gasteiger partial charge in [0.05, 0.1) is 10.6 Å². The van der Waals surface area contributed by atoms with E-state index in [1.165, 1.54) is 13.1 Å². The second-order valence-electron chi connectivity index (χ2n) is 5.12. The normalized spacial score (nSPS) is 12.3. The molecule has 138 valence electrons. The highest BCUT2D eigenvalue weighted by molar-refractivity contribution is 8.00. The number of urea groups is 1. The van der Waals surface area contributed by atoms with Gasteiger partial charge in [0, 0.05) is 11.9 Å². The van der Waals surface area contributed by atoms with Crippen LogP contribution in [0.4, 0.5) is 18.0 Å². The lowest BCUT2D eigenvalue weighted by atomic mass is 10.1. The van der Waals surface area contributed by atoms with Crippen LogP contribution in [0, 0.1) is 0 Å². The molecule has 1 atom stereocenters. The zero-order valence-corrected chi connectivity index (χ0v) is 15.0. The van der Waals surface area contributed by atoms with E-state index in [4.69, 9.17) is 11.6 Å². The molecule has 26 heavy (non-hydrogen) atoms. The van der Waals surface area contributed by atoms with Gasteiger partial charge in [-0.15, -0.1) is 11.8 Å². The van der Waals surface area contributed by atoms with Gasteiger partial charge in [0.15, 0.2) is 0 Å². The van der Waals surface area contributed by atoms with E-state index < -0.39 is 34.0 Å². The molecule has 0 radical (unpaired) electrons. The van der Waals surface area contributed by atoms with Gasteiger partial charge in [-0.1, -0.05) is 41.9 Å². The summed E-state index contributed by atoms with van der Waals surface area (Å²) in [4.78, 5) is 24.0. The molecule has 2 N–H and O–H groups in total. The van der Waals surface area contributed by atoms with Gasteiger partial charge in [-0.2, -0.15) is 13.2 Å². The van der Waals surface area contributed by atoms with E-state index in [1.807, 2.05) is 0 Å². The molecular weight excluding hydrogens is 389 g/mol. The van der Waals surface area contributed by atoms with Crippen LogP contribution in [0.3, 0.4) is 0 Å². The Morgan fingerprint density at radius 3 is 2.35 bits per heavy atom. The number of hydrogen-bond donors (Lipinski definition) is 2. The Balaban J connectivity index is 2.36. The SMILES string of the molecule is CNC(=O)NC(=O)[C@H](Sc1ccc(Cl)c(C(F)(F)F)c1)c1ccccc1. The number of rotatable bonds is 4. The number of carbonyl (C=O) groups excluding carboxylic acids is 2. The van der Waals surface area contributed by atoms with E-state index in [0.717, 1.165) is 23.9 Å². The third-order valence-corrected chi connectivity index (χ3v) is 4.88. The molecule has 0 aliphatic rings. The van der Waals surface area contributed by atoms with Crippen LogP contribution in [0.1, 0.15) is 16.4 Å². The molecule has 0 saturated carbocycles. The summed E-state index contributed by atoms with van der Waals surface area (Å²) in [6, 6.07) is 11.1. The van der Waals surface area contributed by atoms with Crippen LogP contribution in [0.2, 0.25) is 5.02 Å². The summed E-state index contributed by atoms with van der Waals surface area (Å²) in [6.45, 7) is 0. The Bertz CT molecular complexity index is 800. The quantitative estimate of drug-likeness (QED) is 0.732. The van der Waals surface area contributed by atoms with Gasteiger partial charge >= 0.3 is 12.2 Å². The fourth-order valence-electron chi connectivity index (χ4n) is 2.07. The first kappa shape index (κ1) is 20.1. The van der Waals surface area contributed by atoms with Crippen molar-refractivity contribution in [3.05, 3.63) is 64.7 Å². The van der Waals surface area contributed by atoms with Crippen LogP contribution >= 0.6 is 23.4 Å². The average Bonchev–Trinajstić information content (AvgIpc) is 2.60. The predicted molar refractivity (Wildman–Crippen MR) is 94.1 cm³/mol. The van der Waals surface area contributed by atoms with Gasteiger partial charge in [0.2, 0.25) is 5.91 Å². The lowest BCUT2D eigenvalue weighted by Crippen LogP contribution is -2.39. The van der Waals surface area contributed by atoms with Gasteiger partial charge < -0.3 is 5.32 Å². The van der Waals surface area contributed by atoms with Crippen molar-refractivity contribution < 1.29 is 22.8 Å². The number of hydrogen-bond acceptors (Lipinski definition) is 3. The average molecular weight is 403 g/mol. The van der Waals surface area contributed by atoms with E-state index in [-0.39, 0.29) is 4.90 Å². The topological polar surface area (TPSA) is 58.2 Å². The second-order valence-corrected chi connectivity index (χ2v) is 6.70. The summed E-state index contributed by atoms with van der Waals surface area (Å²) in [5, 5.41) is 3.06. The number of alkyl halides is 3. The zero-order chi connectivity index (χ0) is 19.3. The maximum Gasteiger partial charge on any atom is 0.417 e. The van der Waals surface area contributed by atoms with Crippen molar-refractivity contribution in [1.29, 1.82) is 0 Å². The minimum absolute atomic E-state index is 0.197. The number of nitrogens with one attached hydrogen (secondary N) is 2. The molecule has 0 fully saturated rings. The monoisotopic (exact) mass is 402 g/mol. The van der Waals surface area contributed by atoms with Crippen molar-refractivity contribution >= 4 is 35.3 Å². The molecule has 0 unspecified atom stereocenters. The highest BCUT2D eigenvalue weighted by atomic mass is 35.5. The van der Waals surface area contributed by atoms with E-state index in [1.54, 1.807) is 30.3 Å². The maximum atomic E-state index is 13.0. The van der Waals surface area contributed by atoms with Gasteiger partial charge in [-0.05, 0) is 23.8 Å². The largest absolute Gasteiger partial charge is 0.417 e. The van der Waals surface area contributed by atoms with Gasteiger partial charge in [-0.25, -0.2) is 4.79 Å². The summed E-state index contributed by atoms with van der Waals surface area (Å²) >= 11 is 6.51. The first-order valence-corrected chi connectivity index (χ1v) is 8.59. The van der Waals surface area contributed by atoms with E-state index in [0.29, 0.717) is 5.56 Å². The molecule has 0 aliphatic heterocycles. The molecule has 0 saturated heterocycles. The van der Waals surface area contributed by atoms with Crippen LogP contribution in [-0.2, 0) is 11.0 Å². The van der Waals surface area contributed by atoms with Crippen LogP contribution in [0.5, 0.6) is 0 Å². The van der Waals surface area contributed by atoms with E-state index >= 15 is 0 Å². The van der Waals surface area contributed by atoms with E-state index in [2.05, 4.69) is 10.6 Å². The Hall–Kier alpha value is -2.19. The fraction of sp³-hybridized carbons (Fsp3) is 0.176. The Kier molecular flexibility index (Phi) is 6.55. The highest BCUT2D eigenvalue weighted by Crippen LogP contribution is 2.41. The molecule has 0 aliphatic carbocycles. The van der Waals surface area contributed by atoms with Crippen LogP contribution in [0.25, 0.3) is 0 Å². The Morgan fingerprint density at radius 2 is 1.77 bits per heavy atom. The fourth-order valence-corrected chi connectivity index (χ4v) is 3.36. The summed E-state index contributed by atoms with van der Waals surface area (Å²) in [5.41, 5.74) is -0.440. The molecule has 2 aromatic carbocycles. The van der Waals surface area contributed by atoms with Crippen LogP contribution in [0.15, 0.2) is 53.4 Å². The molecule has 2 rings (SSSR count). The molecule has 0 bridgehead atoms. The lowest BCUT2D eigenvalue weighted by Gasteiger charge is -2.17. The molecular formula is C17H14ClF3N2O2S.